The van der Waals surface area contributed by atoms with Crippen LogP contribution in [0.1, 0.15) is 48.7 Å². The predicted molar refractivity (Wildman–Crippen MR) is 107 cm³/mol. The van der Waals surface area contributed by atoms with Gasteiger partial charge >= 0.3 is 12.6 Å². The van der Waals surface area contributed by atoms with Gasteiger partial charge in [0.2, 0.25) is 11.2 Å². The topological polar surface area (TPSA) is 89.2 Å². The Labute approximate surface area is 178 Å². The molecule has 0 aliphatic carbocycles. The Morgan fingerprint density at radius 2 is 1.97 bits per heavy atom. The lowest BCUT2D eigenvalue weighted by atomic mass is 9.92. The number of rotatable bonds is 8. The largest absolute Gasteiger partial charge is 0.502 e. The van der Waals surface area contributed by atoms with Crippen molar-refractivity contribution in [3.8, 4) is 11.5 Å². The number of nitrogens with zero attached hydrogens (tertiary/aromatic N) is 1. The zero-order valence-corrected chi connectivity index (χ0v) is 17.2. The van der Waals surface area contributed by atoms with Crippen LogP contribution < -0.4 is 10.2 Å². The first-order valence-corrected chi connectivity index (χ1v) is 10.1. The van der Waals surface area contributed by atoms with Crippen molar-refractivity contribution in [1.82, 2.24) is 4.90 Å². The number of ether oxygens (including phenoxy) is 2. The molecule has 1 aromatic carbocycles. The molecule has 168 valence electrons. The van der Waals surface area contributed by atoms with Crippen molar-refractivity contribution in [2.24, 2.45) is 0 Å². The van der Waals surface area contributed by atoms with Gasteiger partial charge in [0.15, 0.2) is 5.76 Å². The number of alkyl halides is 2. The minimum Gasteiger partial charge on any atom is -0.502 e. The average molecular weight is 437 g/mol. The number of hydrogen-bond donors (Lipinski definition) is 1. The Morgan fingerprint density at radius 3 is 2.65 bits per heavy atom. The van der Waals surface area contributed by atoms with E-state index in [-0.39, 0.29) is 17.9 Å². The molecular formula is C22H25F2NO6. The molecule has 0 bridgehead atoms. The molecule has 7 nitrogen and oxygen atoms in total. The van der Waals surface area contributed by atoms with Crippen molar-refractivity contribution in [3.05, 3.63) is 57.6 Å². The second-order valence-electron chi connectivity index (χ2n) is 7.41. The highest BCUT2D eigenvalue weighted by molar-refractivity contribution is 5.71. The van der Waals surface area contributed by atoms with E-state index in [1.54, 1.807) is 6.07 Å². The van der Waals surface area contributed by atoms with Gasteiger partial charge < -0.3 is 19.0 Å². The lowest BCUT2D eigenvalue weighted by Gasteiger charge is -2.26. The summed E-state index contributed by atoms with van der Waals surface area (Å²) in [5.41, 5.74) is -0.278. The van der Waals surface area contributed by atoms with Crippen LogP contribution in [0.2, 0.25) is 0 Å². The van der Waals surface area contributed by atoms with Gasteiger partial charge in [0.1, 0.15) is 11.5 Å². The fraction of sp³-hybridized carbons (Fsp3) is 0.455. The van der Waals surface area contributed by atoms with E-state index in [4.69, 9.17) is 9.15 Å². The van der Waals surface area contributed by atoms with Crippen LogP contribution in [0.4, 0.5) is 8.78 Å². The van der Waals surface area contributed by atoms with Gasteiger partial charge in [-0.25, -0.2) is 0 Å². The normalized spacial score (nSPS) is 15.6. The zero-order chi connectivity index (χ0) is 22.4. The van der Waals surface area contributed by atoms with Crippen LogP contribution in [0.3, 0.4) is 0 Å². The third-order valence-electron chi connectivity index (χ3n) is 5.23. The third kappa shape index (κ3) is 6.04. The molecule has 0 spiro atoms. The number of esters is 1. The zero-order valence-electron chi connectivity index (χ0n) is 17.2. The minimum atomic E-state index is -3.02. The number of hydrogen-bond acceptors (Lipinski definition) is 7. The predicted octanol–water partition coefficient (Wildman–Crippen LogP) is 3.63. The monoisotopic (exact) mass is 437 g/mol. The highest BCUT2D eigenvalue weighted by Gasteiger charge is 2.27. The summed E-state index contributed by atoms with van der Waals surface area (Å²) in [6, 6.07) is 6.94. The molecular weight excluding hydrogens is 412 g/mol. The highest BCUT2D eigenvalue weighted by atomic mass is 19.3. The van der Waals surface area contributed by atoms with Crippen molar-refractivity contribution in [2.75, 3.05) is 20.2 Å². The molecule has 2 aromatic rings. The van der Waals surface area contributed by atoms with E-state index < -0.39 is 29.7 Å². The summed E-state index contributed by atoms with van der Waals surface area (Å²) >= 11 is 0. The van der Waals surface area contributed by atoms with E-state index in [0.717, 1.165) is 32.4 Å². The molecule has 1 fully saturated rings. The maximum absolute atomic E-state index is 12.6. The van der Waals surface area contributed by atoms with Gasteiger partial charge in [-0.3, -0.25) is 14.5 Å². The molecule has 9 heteroatoms. The van der Waals surface area contributed by atoms with Crippen molar-refractivity contribution < 1.29 is 32.6 Å². The Hall–Kier alpha value is -2.94. The molecule has 3 rings (SSSR count). The summed E-state index contributed by atoms with van der Waals surface area (Å²) in [4.78, 5) is 26.6. The molecule has 1 atom stereocenters. The van der Waals surface area contributed by atoms with E-state index in [0.29, 0.717) is 17.9 Å². The van der Waals surface area contributed by atoms with Crippen molar-refractivity contribution in [2.45, 2.75) is 44.8 Å². The SMILES string of the molecule is COC(=O)C[C@@H](c1cccc(OC(F)F)c1)c1oc(CN2CCCCC2)cc(=O)c1O. The summed E-state index contributed by atoms with van der Waals surface area (Å²) in [6.07, 6.45) is 2.99. The second kappa shape index (κ2) is 10.4. The first-order valence-electron chi connectivity index (χ1n) is 10.1. The number of carbonyl (C=O) groups is 1. The van der Waals surface area contributed by atoms with Gasteiger partial charge in [0.25, 0.3) is 0 Å². The van der Waals surface area contributed by atoms with Gasteiger partial charge in [0.05, 0.1) is 26.0 Å². The van der Waals surface area contributed by atoms with E-state index in [9.17, 15) is 23.5 Å². The minimum absolute atomic E-state index is 0.112. The molecule has 1 saturated heterocycles. The van der Waals surface area contributed by atoms with E-state index >= 15 is 0 Å². The Morgan fingerprint density at radius 1 is 1.23 bits per heavy atom. The maximum atomic E-state index is 12.6. The summed E-state index contributed by atoms with van der Waals surface area (Å²) in [7, 11) is 1.21. The number of likely N-dealkylation sites (tertiary alicyclic amines) is 1. The van der Waals surface area contributed by atoms with Crippen LogP contribution in [-0.2, 0) is 16.1 Å². The average Bonchev–Trinajstić information content (AvgIpc) is 2.75. The van der Waals surface area contributed by atoms with Crippen LogP contribution in [-0.4, -0.2) is 42.8 Å². The molecule has 2 heterocycles. The number of methoxy groups -OCH3 is 1. The fourth-order valence-electron chi connectivity index (χ4n) is 3.73. The number of halogens is 2. The summed E-state index contributed by atoms with van der Waals surface area (Å²) in [5, 5.41) is 10.4. The van der Waals surface area contributed by atoms with Gasteiger partial charge in [-0.15, -0.1) is 0 Å². The molecule has 0 unspecified atom stereocenters. The van der Waals surface area contributed by atoms with Crippen LogP contribution in [0.5, 0.6) is 11.5 Å². The van der Waals surface area contributed by atoms with Gasteiger partial charge in [0, 0.05) is 6.07 Å². The maximum Gasteiger partial charge on any atom is 0.387 e. The number of benzene rings is 1. The van der Waals surface area contributed by atoms with Crippen LogP contribution in [0.25, 0.3) is 0 Å². The molecule has 0 amide bonds. The first-order chi connectivity index (χ1) is 14.9. The van der Waals surface area contributed by atoms with E-state index in [2.05, 4.69) is 9.64 Å². The first kappa shape index (κ1) is 22.7. The quantitative estimate of drug-likeness (QED) is 0.631. The Balaban J connectivity index is 2.00. The molecule has 31 heavy (non-hydrogen) atoms. The summed E-state index contributed by atoms with van der Waals surface area (Å²) in [5.74, 6) is -2.05. The summed E-state index contributed by atoms with van der Waals surface area (Å²) in [6.45, 7) is -0.882. The number of carbonyl (C=O) groups excluding carboxylic acids is 1. The fourth-order valence-corrected chi connectivity index (χ4v) is 3.73. The Kier molecular flexibility index (Phi) is 7.62. The molecule has 0 saturated carbocycles. The van der Waals surface area contributed by atoms with Crippen molar-refractivity contribution in [3.63, 3.8) is 0 Å². The molecule has 1 N–H and O–H groups in total. The smallest absolute Gasteiger partial charge is 0.387 e. The van der Waals surface area contributed by atoms with Crippen LogP contribution in [0.15, 0.2) is 39.5 Å². The molecule has 1 aliphatic rings. The molecule has 1 aliphatic heterocycles. The van der Waals surface area contributed by atoms with Gasteiger partial charge in [-0.2, -0.15) is 8.78 Å². The van der Waals surface area contributed by atoms with E-state index in [1.807, 2.05) is 0 Å². The van der Waals surface area contributed by atoms with Crippen LogP contribution in [0, 0.1) is 0 Å². The van der Waals surface area contributed by atoms with Gasteiger partial charge in [-0.1, -0.05) is 18.6 Å². The second-order valence-corrected chi connectivity index (χ2v) is 7.41. The highest BCUT2D eigenvalue weighted by Crippen LogP contribution is 2.35. The standard InChI is InChI=1S/C22H25F2NO6/c1-29-19(27)12-17(14-6-5-7-15(10-14)31-22(23)24)21-20(28)18(26)11-16(30-21)13-25-8-3-2-4-9-25/h5-7,10-11,17,22,28H,2-4,8-9,12-13H2,1H3/t17-/m0/s1. The number of piperidine rings is 1. The van der Waals surface area contributed by atoms with E-state index in [1.165, 1.54) is 31.4 Å². The van der Waals surface area contributed by atoms with Gasteiger partial charge in [-0.05, 0) is 43.6 Å². The lowest BCUT2D eigenvalue weighted by Crippen LogP contribution is -2.29. The number of aromatic hydroxyl groups is 1. The molecule has 1 aromatic heterocycles. The van der Waals surface area contributed by atoms with Crippen molar-refractivity contribution >= 4 is 5.97 Å². The molecule has 0 radical (unpaired) electrons. The summed E-state index contributed by atoms with van der Waals surface area (Å²) < 4.78 is 40.3. The Bertz CT molecular complexity index is 955. The van der Waals surface area contributed by atoms with Crippen molar-refractivity contribution in [1.29, 1.82) is 0 Å². The van der Waals surface area contributed by atoms with Crippen LogP contribution >= 0.6 is 0 Å². The lowest BCUT2D eigenvalue weighted by molar-refractivity contribution is -0.141. The third-order valence-corrected chi connectivity index (χ3v) is 5.23.